The Morgan fingerprint density at radius 3 is 0.500 bits per heavy atom. The molecular weight excluding hydrogens is 1470 g/mol. The molecule has 6 aliphatic heterocycles. The van der Waals surface area contributed by atoms with Crippen LogP contribution in [-0.4, -0.2) is 23.0 Å². The number of thioether (sulfide) groups is 16. The van der Waals surface area contributed by atoms with Crippen LogP contribution in [0.3, 0.4) is 0 Å². The molecule has 6 heterocycles. The van der Waals surface area contributed by atoms with Gasteiger partial charge in [0.05, 0.1) is 59.3 Å². The molecule has 492 valence electrons. The maximum Gasteiger partial charge on any atom is 0.0717 e. The van der Waals surface area contributed by atoms with Crippen molar-refractivity contribution in [1.29, 1.82) is 0 Å². The highest BCUT2D eigenvalue weighted by Gasteiger charge is 2.36. The predicted octanol–water partition coefficient (Wildman–Crippen LogP) is 27.0. The Labute approximate surface area is 635 Å². The van der Waals surface area contributed by atoms with Crippen molar-refractivity contribution < 1.29 is 0 Å². The summed E-state index contributed by atoms with van der Waals surface area (Å²) in [7, 11) is 0. The molecule has 0 amide bonds. The van der Waals surface area contributed by atoms with E-state index >= 15 is 0 Å². The van der Waals surface area contributed by atoms with Gasteiger partial charge in [-0.25, -0.2) is 0 Å². The Hall–Kier alpha value is -1.68. The number of unbranched alkanes of at least 4 members (excludes halogenated alkanes) is 12. The molecule has 0 spiro atoms. The number of hydrogen-bond donors (Lipinski definition) is 0. The van der Waals surface area contributed by atoms with Crippen LogP contribution in [0.5, 0.6) is 0 Å². The van der Waals surface area contributed by atoms with E-state index in [1.807, 2.05) is 94.1 Å². The molecule has 0 radical (unpaired) electrons. The lowest BCUT2D eigenvalue weighted by molar-refractivity contribution is 0.707. The molecular formula is C80H76S16. The molecule has 0 saturated heterocycles. The third-order valence-electron chi connectivity index (χ3n) is 17.8. The van der Waals surface area contributed by atoms with Gasteiger partial charge in [-0.05, 0) is 113 Å². The van der Waals surface area contributed by atoms with E-state index in [0.717, 1.165) is 0 Å². The molecule has 9 aromatic rings. The van der Waals surface area contributed by atoms with Crippen LogP contribution in [0.25, 0.3) is 90.1 Å². The number of benzene rings is 9. The Kier molecular flexibility index (Phi) is 24.4. The summed E-state index contributed by atoms with van der Waals surface area (Å²) in [5.74, 6) is 4.81. The fraction of sp³-hybridized carbons (Fsp3) is 0.300. The van der Waals surface area contributed by atoms with Crippen LogP contribution in [-0.2, 0) is 0 Å². The van der Waals surface area contributed by atoms with Crippen molar-refractivity contribution in [1.82, 2.24) is 0 Å². The zero-order valence-corrected chi connectivity index (χ0v) is 67.6. The Balaban J connectivity index is 0.745. The zero-order valence-electron chi connectivity index (χ0n) is 54.5. The van der Waals surface area contributed by atoms with Gasteiger partial charge in [-0.2, -0.15) is 0 Å². The molecule has 0 fully saturated rings. The van der Waals surface area contributed by atoms with Crippen LogP contribution in [0.2, 0.25) is 0 Å². The molecule has 0 atom stereocenters. The summed E-state index contributed by atoms with van der Waals surface area (Å²) in [5.41, 5.74) is 0. The van der Waals surface area contributed by atoms with Crippen LogP contribution in [0.4, 0.5) is 0 Å². The number of rotatable bonds is 24. The van der Waals surface area contributed by atoms with Crippen LogP contribution >= 0.6 is 188 Å². The predicted molar refractivity (Wildman–Crippen MR) is 468 cm³/mol. The lowest BCUT2D eigenvalue weighted by Crippen LogP contribution is -2.17. The van der Waals surface area contributed by atoms with Crippen LogP contribution in [0.15, 0.2) is 179 Å². The van der Waals surface area contributed by atoms with Gasteiger partial charge in [0.2, 0.25) is 0 Å². The minimum Gasteiger partial charge on any atom is -0.117 e. The largest absolute Gasteiger partial charge is 0.117 e. The highest BCUT2D eigenvalue weighted by Crippen LogP contribution is 2.69. The average molecular weight is 1550 g/mol. The smallest absolute Gasteiger partial charge is 0.0717 e. The molecule has 0 N–H and O–H groups in total. The number of fused-ring (bicyclic) bond motifs is 6. The summed E-state index contributed by atoms with van der Waals surface area (Å²) >= 11 is 32.7. The van der Waals surface area contributed by atoms with E-state index < -0.39 is 0 Å². The molecule has 0 bridgehead atoms. The van der Waals surface area contributed by atoms with Crippen molar-refractivity contribution in [3.63, 3.8) is 0 Å². The maximum absolute atomic E-state index is 2.41. The molecule has 0 aromatic heterocycles. The summed E-state index contributed by atoms with van der Waals surface area (Å²) in [5, 5.41) is 24.7. The van der Waals surface area contributed by atoms with Gasteiger partial charge in [-0.15, -0.1) is 47.0 Å². The first-order chi connectivity index (χ1) is 47.5. The third kappa shape index (κ3) is 14.8. The third-order valence-corrected chi connectivity index (χ3v) is 40.5. The molecule has 0 aliphatic carbocycles. The van der Waals surface area contributed by atoms with E-state index in [1.165, 1.54) is 281 Å². The van der Waals surface area contributed by atoms with Crippen molar-refractivity contribution in [2.45, 2.75) is 130 Å². The highest BCUT2D eigenvalue weighted by molar-refractivity contribution is 8.55. The topological polar surface area (TPSA) is 0 Å². The minimum atomic E-state index is 1.20. The van der Waals surface area contributed by atoms with Gasteiger partial charge < -0.3 is 0 Å². The second-order valence-corrected chi connectivity index (χ2v) is 44.7. The van der Waals surface area contributed by atoms with Gasteiger partial charge in [0.1, 0.15) is 0 Å². The van der Waals surface area contributed by atoms with Crippen molar-refractivity contribution >= 4 is 278 Å². The van der Waals surface area contributed by atoms with Gasteiger partial charge in [0, 0.05) is 31.3 Å². The Morgan fingerprint density at radius 2 is 0.344 bits per heavy atom. The van der Waals surface area contributed by atoms with Gasteiger partial charge >= 0.3 is 0 Å². The quantitative estimate of drug-likeness (QED) is 0.0416. The first kappa shape index (κ1) is 70.0. The molecule has 0 nitrogen and oxygen atoms in total. The van der Waals surface area contributed by atoms with Gasteiger partial charge in [0.25, 0.3) is 0 Å². The standard InChI is InChI=1S/C80H76S16/c1-5-9-13-29-45-81-73-74(82-46-30-14-10-6-2)86-67(85-73)61-49-33-17-21-37-53(49)63(54-38-22-18-34-50(54)61)69-89-77-78(90-69)94-71(93-77)65-57-41-25-27-43-59(57)66(60-44-28-26-42-58(60)65)72-95-79-80(96-72)92-70(91-79)64-55-39-23-19-35-51(55)62(52-36-20-24-40-56(52)64)68-87-75(83-47-31-15-11-7-3)76(88-68)84-48-32-16-12-8-4/h17-28,33-44H,5-16,29-32,45-48H2,1-4H3. The fourth-order valence-electron chi connectivity index (χ4n) is 13.2. The summed E-state index contributed by atoms with van der Waals surface area (Å²) in [6.45, 7) is 9.27. The fourth-order valence-corrected chi connectivity index (χ4v) is 38.6. The van der Waals surface area contributed by atoms with E-state index in [9.17, 15) is 0 Å². The van der Waals surface area contributed by atoms with Crippen molar-refractivity contribution in [3.8, 4) is 0 Å². The molecule has 15 rings (SSSR count). The van der Waals surface area contributed by atoms with Gasteiger partial charge in [-0.1, -0.05) is 391 Å². The maximum atomic E-state index is 2.41. The summed E-state index contributed by atoms with van der Waals surface area (Å²) in [4.78, 5) is 0. The minimum absolute atomic E-state index is 1.20. The monoisotopic (exact) mass is 1550 g/mol. The Morgan fingerprint density at radius 1 is 0.188 bits per heavy atom. The first-order valence-corrected chi connectivity index (χ1v) is 47.9. The molecule has 0 saturated carbocycles. The average Bonchev–Trinajstić information content (AvgIpc) is 1.47. The van der Waals surface area contributed by atoms with Gasteiger partial charge in [-0.3, -0.25) is 0 Å². The first-order valence-electron chi connectivity index (χ1n) is 34.2. The SMILES string of the molecule is CCCCCCSC1=C(SCCCCCC)SC(=c2c3ccccc3c(=C3SC4=C(S3)SC(=c3c5ccccc5c(=C5SC6=C(SC(=c7c8ccccc8c(=C8SC(SCCCCCC)=C(SCCCCCC)S8)c8ccccc78)S6)S5)c5ccccc35)S4)c3ccccc23)S1. The second-order valence-electron chi connectivity index (χ2n) is 24.4. The van der Waals surface area contributed by atoms with Crippen LogP contribution in [0, 0.1) is 0 Å². The number of hydrogen-bond acceptors (Lipinski definition) is 16. The van der Waals surface area contributed by atoms with Crippen molar-refractivity contribution in [2.24, 2.45) is 0 Å². The molecule has 6 aliphatic rings. The van der Waals surface area contributed by atoms with E-state index in [2.05, 4.69) is 267 Å². The van der Waals surface area contributed by atoms with Crippen LogP contribution < -0.4 is 31.3 Å². The summed E-state index contributed by atoms with van der Waals surface area (Å²) in [6, 6.07) is 56.0. The van der Waals surface area contributed by atoms with E-state index in [1.54, 1.807) is 0 Å². The summed E-state index contributed by atoms with van der Waals surface area (Å²) < 4.78 is 20.3. The lowest BCUT2D eigenvalue weighted by atomic mass is 9.99. The molecule has 9 aromatic carbocycles. The van der Waals surface area contributed by atoms with Crippen LogP contribution in [0.1, 0.15) is 130 Å². The van der Waals surface area contributed by atoms with E-state index in [0.29, 0.717) is 0 Å². The van der Waals surface area contributed by atoms with E-state index in [4.69, 9.17) is 0 Å². The summed E-state index contributed by atoms with van der Waals surface area (Å²) in [6.07, 6.45) is 20.9. The highest BCUT2D eigenvalue weighted by atomic mass is 32.3. The lowest BCUT2D eigenvalue weighted by Gasteiger charge is -2.13. The normalized spacial score (nSPS) is 16.8. The van der Waals surface area contributed by atoms with Crippen molar-refractivity contribution in [3.05, 3.63) is 211 Å². The second kappa shape index (κ2) is 33.4. The zero-order chi connectivity index (χ0) is 64.9. The van der Waals surface area contributed by atoms with Crippen molar-refractivity contribution in [2.75, 3.05) is 23.0 Å². The molecule has 0 unspecified atom stereocenters. The Bertz CT molecular complexity index is 4490. The molecule has 96 heavy (non-hydrogen) atoms. The molecule has 16 heteroatoms. The van der Waals surface area contributed by atoms with Gasteiger partial charge in [0.15, 0.2) is 0 Å². The van der Waals surface area contributed by atoms with E-state index in [-0.39, 0.29) is 0 Å².